The second-order valence-corrected chi connectivity index (χ2v) is 4.83. The van der Waals surface area contributed by atoms with Gasteiger partial charge in [0.25, 0.3) is 0 Å². The van der Waals surface area contributed by atoms with Gasteiger partial charge in [0, 0.05) is 6.54 Å². The summed E-state index contributed by atoms with van der Waals surface area (Å²) >= 11 is 0. The van der Waals surface area contributed by atoms with E-state index in [1.54, 1.807) is 0 Å². The monoisotopic (exact) mass is 244 g/mol. The maximum absolute atomic E-state index is 11.0. The Morgan fingerprint density at radius 1 is 0.765 bits per heavy atom. The van der Waals surface area contributed by atoms with E-state index in [0.717, 1.165) is 17.9 Å². The van der Waals surface area contributed by atoms with Crippen molar-refractivity contribution in [2.24, 2.45) is 0 Å². The van der Waals surface area contributed by atoms with Crippen LogP contribution in [0.3, 0.4) is 0 Å². The van der Waals surface area contributed by atoms with Gasteiger partial charge in [0.05, 0.1) is 6.61 Å². The molecule has 0 amide bonds. The van der Waals surface area contributed by atoms with Crippen molar-refractivity contribution < 1.29 is 5.11 Å². The van der Waals surface area contributed by atoms with Gasteiger partial charge >= 0.3 is 0 Å². The Labute approximate surface area is 107 Å². The molecule has 0 aromatic carbocycles. The van der Waals surface area contributed by atoms with E-state index in [9.17, 15) is 5.21 Å². The van der Waals surface area contributed by atoms with Crippen LogP contribution in [-0.2, 0) is 0 Å². The van der Waals surface area contributed by atoms with Crippen LogP contribution in [0.15, 0.2) is 0 Å². The van der Waals surface area contributed by atoms with Crippen LogP contribution >= 0.6 is 0 Å². The molecule has 3 heteroatoms. The van der Waals surface area contributed by atoms with Crippen LogP contribution in [0.4, 0.5) is 0 Å². The summed E-state index contributed by atoms with van der Waals surface area (Å²) in [5.41, 5.74) is 0. The van der Waals surface area contributed by atoms with Gasteiger partial charge in [-0.1, -0.05) is 64.7 Å². The molecule has 0 saturated carbocycles. The zero-order valence-corrected chi connectivity index (χ0v) is 11.5. The summed E-state index contributed by atoms with van der Waals surface area (Å²) in [6.07, 6.45) is 12.9. The summed E-state index contributed by atoms with van der Waals surface area (Å²) in [5.74, 6) is 0. The average molecular weight is 244 g/mol. The molecule has 0 bridgehead atoms. The van der Waals surface area contributed by atoms with E-state index >= 15 is 0 Å². The lowest BCUT2D eigenvalue weighted by atomic mass is 10.1. The highest BCUT2D eigenvalue weighted by Crippen LogP contribution is 2.10. The van der Waals surface area contributed by atoms with E-state index in [0.29, 0.717) is 6.54 Å². The van der Waals surface area contributed by atoms with Gasteiger partial charge in [0.15, 0.2) is 0 Å². The fourth-order valence-corrected chi connectivity index (χ4v) is 2.00. The van der Waals surface area contributed by atoms with Crippen molar-refractivity contribution in [3.05, 3.63) is 5.21 Å². The first kappa shape index (κ1) is 16.9. The molecule has 0 aliphatic heterocycles. The molecule has 0 radical (unpaired) electrons. The van der Waals surface area contributed by atoms with E-state index in [1.807, 2.05) is 0 Å². The van der Waals surface area contributed by atoms with Gasteiger partial charge in [-0.2, -0.15) is 0 Å². The molecule has 17 heavy (non-hydrogen) atoms. The van der Waals surface area contributed by atoms with Gasteiger partial charge < -0.3 is 15.4 Å². The third kappa shape index (κ3) is 13.8. The van der Waals surface area contributed by atoms with Crippen molar-refractivity contribution in [3.8, 4) is 0 Å². The Kier molecular flexibility index (Phi) is 13.8. The molecular formula is C14H30NO2-. The van der Waals surface area contributed by atoms with Crippen molar-refractivity contribution in [1.82, 2.24) is 5.06 Å². The van der Waals surface area contributed by atoms with Gasteiger partial charge in [0.1, 0.15) is 0 Å². The normalized spacial score (nSPS) is 11.3. The molecule has 0 spiro atoms. The summed E-state index contributed by atoms with van der Waals surface area (Å²) in [6.45, 7) is 3.06. The summed E-state index contributed by atoms with van der Waals surface area (Å²) in [5, 5.41) is 20.6. The van der Waals surface area contributed by atoms with Gasteiger partial charge in [-0.3, -0.25) is 0 Å². The van der Waals surface area contributed by atoms with Crippen LogP contribution < -0.4 is 0 Å². The van der Waals surface area contributed by atoms with Gasteiger partial charge in [0.2, 0.25) is 0 Å². The van der Waals surface area contributed by atoms with Gasteiger partial charge in [-0.15, -0.1) is 0 Å². The van der Waals surface area contributed by atoms with E-state index in [4.69, 9.17) is 5.11 Å². The van der Waals surface area contributed by atoms with Crippen LogP contribution in [0, 0.1) is 5.21 Å². The lowest BCUT2D eigenvalue weighted by molar-refractivity contribution is 0.234. The summed E-state index contributed by atoms with van der Waals surface area (Å²) in [7, 11) is 0. The number of rotatable bonds is 13. The number of aliphatic hydroxyl groups is 1. The predicted octanol–water partition coefficient (Wildman–Crippen LogP) is 3.70. The Hall–Kier alpha value is -0.120. The van der Waals surface area contributed by atoms with Crippen molar-refractivity contribution in [1.29, 1.82) is 0 Å². The second-order valence-electron chi connectivity index (χ2n) is 4.83. The first-order chi connectivity index (χ1) is 8.31. The molecule has 0 heterocycles. The minimum Gasteiger partial charge on any atom is -0.785 e. The van der Waals surface area contributed by atoms with Gasteiger partial charge in [-0.05, 0) is 13.0 Å². The van der Waals surface area contributed by atoms with Crippen LogP contribution in [-0.4, -0.2) is 29.9 Å². The zero-order chi connectivity index (χ0) is 12.8. The van der Waals surface area contributed by atoms with Crippen molar-refractivity contribution in [3.63, 3.8) is 0 Å². The predicted molar refractivity (Wildman–Crippen MR) is 73.9 cm³/mol. The van der Waals surface area contributed by atoms with Gasteiger partial charge in [-0.25, -0.2) is 0 Å². The SMILES string of the molecule is CCCCCCCCCCCCN([O-])CCO. The standard InChI is InChI=1S/C14H30NO2/c1-2-3-4-5-6-7-8-9-10-11-12-15(17)13-14-16/h16H,2-14H2,1H3/q-1. The van der Waals surface area contributed by atoms with Crippen LogP contribution in [0.2, 0.25) is 0 Å². The molecular weight excluding hydrogens is 214 g/mol. The Balaban J connectivity index is 2.98. The maximum Gasteiger partial charge on any atom is 0.0549 e. The lowest BCUT2D eigenvalue weighted by Gasteiger charge is -2.26. The lowest BCUT2D eigenvalue weighted by Crippen LogP contribution is -2.21. The fraction of sp³-hybridized carbons (Fsp3) is 1.00. The third-order valence-corrected chi connectivity index (χ3v) is 3.11. The highest BCUT2D eigenvalue weighted by atomic mass is 16.5. The molecule has 0 atom stereocenters. The molecule has 0 fully saturated rings. The minimum absolute atomic E-state index is 0.0265. The number of aliphatic hydroxyl groups excluding tert-OH is 1. The largest absolute Gasteiger partial charge is 0.785 e. The van der Waals surface area contributed by atoms with E-state index in [1.165, 1.54) is 51.4 Å². The highest BCUT2D eigenvalue weighted by Gasteiger charge is 1.93. The quantitative estimate of drug-likeness (QED) is 0.397. The van der Waals surface area contributed by atoms with Crippen molar-refractivity contribution in [2.45, 2.75) is 71.1 Å². The average Bonchev–Trinajstić information content (AvgIpc) is 2.32. The number of unbranched alkanes of at least 4 members (excludes halogenated alkanes) is 9. The van der Waals surface area contributed by atoms with Crippen LogP contribution in [0.1, 0.15) is 71.1 Å². The molecule has 3 nitrogen and oxygen atoms in total. The van der Waals surface area contributed by atoms with E-state index in [-0.39, 0.29) is 13.2 Å². The molecule has 0 unspecified atom stereocenters. The first-order valence-electron chi connectivity index (χ1n) is 7.34. The molecule has 0 rings (SSSR count). The topological polar surface area (TPSA) is 46.5 Å². The van der Waals surface area contributed by atoms with Crippen LogP contribution in [0.5, 0.6) is 0 Å². The maximum atomic E-state index is 11.0. The molecule has 104 valence electrons. The fourth-order valence-electron chi connectivity index (χ4n) is 2.00. The Bertz CT molecular complexity index is 142. The number of hydrogen-bond acceptors (Lipinski definition) is 3. The Morgan fingerprint density at radius 3 is 1.71 bits per heavy atom. The molecule has 0 aliphatic rings. The van der Waals surface area contributed by atoms with E-state index in [2.05, 4.69) is 6.92 Å². The van der Waals surface area contributed by atoms with E-state index < -0.39 is 0 Å². The summed E-state index contributed by atoms with van der Waals surface area (Å²) in [4.78, 5) is 0. The third-order valence-electron chi connectivity index (χ3n) is 3.11. The van der Waals surface area contributed by atoms with Crippen molar-refractivity contribution in [2.75, 3.05) is 19.7 Å². The molecule has 0 aromatic rings. The number of hydrogen-bond donors (Lipinski definition) is 1. The van der Waals surface area contributed by atoms with Crippen LogP contribution in [0.25, 0.3) is 0 Å². The second kappa shape index (κ2) is 13.9. The molecule has 0 saturated heterocycles. The number of nitrogens with zero attached hydrogens (tertiary/aromatic N) is 1. The number of hydroxylamine groups is 2. The minimum atomic E-state index is -0.0265. The molecule has 0 aliphatic carbocycles. The summed E-state index contributed by atoms with van der Waals surface area (Å²) in [6, 6.07) is 0. The van der Waals surface area contributed by atoms with Crippen molar-refractivity contribution >= 4 is 0 Å². The smallest absolute Gasteiger partial charge is 0.0549 e. The highest BCUT2D eigenvalue weighted by molar-refractivity contribution is 4.56. The first-order valence-corrected chi connectivity index (χ1v) is 7.34. The zero-order valence-electron chi connectivity index (χ0n) is 11.5. The Morgan fingerprint density at radius 2 is 1.24 bits per heavy atom. The summed E-state index contributed by atoms with van der Waals surface area (Å²) < 4.78 is 0. The molecule has 1 N–H and O–H groups in total. The molecule has 0 aromatic heterocycles.